The molecule has 2 N–H and O–H groups in total. The summed E-state index contributed by atoms with van der Waals surface area (Å²) in [5.41, 5.74) is -1.25. The summed E-state index contributed by atoms with van der Waals surface area (Å²) in [6.07, 6.45) is -4.77. The monoisotopic (exact) mass is 532 g/mol. The van der Waals surface area contributed by atoms with Crippen molar-refractivity contribution in [3.05, 3.63) is 81.8 Å². The van der Waals surface area contributed by atoms with E-state index in [0.29, 0.717) is 11.1 Å². The zero-order valence-electron chi connectivity index (χ0n) is 17.4. The minimum Gasteiger partial charge on any atom is -0.492 e. The van der Waals surface area contributed by atoms with Gasteiger partial charge in [0.15, 0.2) is 0 Å². The van der Waals surface area contributed by atoms with Gasteiger partial charge in [-0.25, -0.2) is 8.42 Å². The van der Waals surface area contributed by atoms with Crippen LogP contribution in [0, 0.1) is 0 Å². The first kappa shape index (κ1) is 25.7. The normalized spacial score (nSPS) is 11.7. The van der Waals surface area contributed by atoms with E-state index in [1.807, 2.05) is 0 Å². The van der Waals surface area contributed by atoms with E-state index in [1.54, 1.807) is 19.1 Å². The van der Waals surface area contributed by atoms with Crippen molar-refractivity contribution in [2.24, 2.45) is 0 Å². The lowest BCUT2D eigenvalue weighted by molar-refractivity contribution is -0.137. The summed E-state index contributed by atoms with van der Waals surface area (Å²) in [5, 5.41) is 2.34. The van der Waals surface area contributed by atoms with Gasteiger partial charge in [0.25, 0.3) is 15.9 Å². The zero-order valence-corrected chi connectivity index (χ0v) is 19.7. The average molecular weight is 533 g/mol. The standard InChI is InChI=1S/C22H17Cl2F3N2O4S/c1-2-33-20-9-7-16(12-19(20)28-21(30)13-4-3-5-14(23)10-13)34(31,32)29-15-6-8-18(24)17(11-15)22(25,26)27/h3-12,29H,2H2,1H3,(H,28,30). The molecule has 0 heterocycles. The van der Waals surface area contributed by atoms with Crippen molar-refractivity contribution in [1.82, 2.24) is 0 Å². The molecule has 1 amide bonds. The van der Waals surface area contributed by atoms with Crippen LogP contribution in [0.3, 0.4) is 0 Å². The number of halogens is 5. The quantitative estimate of drug-likeness (QED) is 0.365. The third kappa shape index (κ3) is 6.13. The molecule has 0 bridgehead atoms. The van der Waals surface area contributed by atoms with Gasteiger partial charge in [-0.15, -0.1) is 0 Å². The summed E-state index contributed by atoms with van der Waals surface area (Å²) in [4.78, 5) is 12.3. The van der Waals surface area contributed by atoms with E-state index in [4.69, 9.17) is 27.9 Å². The third-order valence-corrected chi connectivity index (χ3v) is 6.36. The van der Waals surface area contributed by atoms with Crippen molar-refractivity contribution in [2.45, 2.75) is 18.0 Å². The van der Waals surface area contributed by atoms with E-state index >= 15 is 0 Å². The summed E-state index contributed by atoms with van der Waals surface area (Å²) >= 11 is 11.5. The molecule has 0 atom stereocenters. The molecule has 0 fully saturated rings. The summed E-state index contributed by atoms with van der Waals surface area (Å²) in [6, 6.07) is 12.4. The molecule has 6 nitrogen and oxygen atoms in total. The molecule has 0 unspecified atom stereocenters. The highest BCUT2D eigenvalue weighted by molar-refractivity contribution is 7.92. The number of carbonyl (C=O) groups is 1. The van der Waals surface area contributed by atoms with E-state index in [2.05, 4.69) is 10.0 Å². The van der Waals surface area contributed by atoms with E-state index in [-0.39, 0.29) is 34.2 Å². The molecule has 0 aliphatic rings. The van der Waals surface area contributed by atoms with Crippen molar-refractivity contribution >= 4 is 50.5 Å². The number of nitrogens with one attached hydrogen (secondary N) is 2. The molecule has 3 rings (SSSR count). The fourth-order valence-electron chi connectivity index (χ4n) is 2.90. The molecule has 12 heteroatoms. The Kier molecular flexibility index (Phi) is 7.64. The molecule has 3 aromatic carbocycles. The highest BCUT2D eigenvalue weighted by atomic mass is 35.5. The third-order valence-electron chi connectivity index (χ3n) is 4.42. The van der Waals surface area contributed by atoms with Gasteiger partial charge in [-0.1, -0.05) is 29.3 Å². The van der Waals surface area contributed by atoms with Gasteiger partial charge < -0.3 is 10.1 Å². The first-order chi connectivity index (χ1) is 15.9. The number of sulfonamides is 1. The summed E-state index contributed by atoms with van der Waals surface area (Å²) in [6.45, 7) is 1.93. The number of hydrogen-bond donors (Lipinski definition) is 2. The number of hydrogen-bond acceptors (Lipinski definition) is 4. The molecule has 0 radical (unpaired) electrons. The summed E-state index contributed by atoms with van der Waals surface area (Å²) in [5.74, 6) is -0.374. The van der Waals surface area contributed by atoms with Gasteiger partial charge in [0.2, 0.25) is 0 Å². The Balaban J connectivity index is 1.94. The van der Waals surface area contributed by atoms with E-state index in [0.717, 1.165) is 18.2 Å². The highest BCUT2D eigenvalue weighted by Crippen LogP contribution is 2.37. The molecule has 0 spiro atoms. The molecule has 34 heavy (non-hydrogen) atoms. The molecule has 0 saturated carbocycles. The van der Waals surface area contributed by atoms with Crippen LogP contribution >= 0.6 is 23.2 Å². The van der Waals surface area contributed by atoms with Crippen LogP contribution in [0.5, 0.6) is 5.75 Å². The Morgan fingerprint density at radius 3 is 2.41 bits per heavy atom. The van der Waals surface area contributed by atoms with Crippen molar-refractivity contribution in [3.63, 3.8) is 0 Å². The van der Waals surface area contributed by atoms with Crippen molar-refractivity contribution in [2.75, 3.05) is 16.6 Å². The van der Waals surface area contributed by atoms with Gasteiger partial charge in [0, 0.05) is 16.3 Å². The number of carbonyl (C=O) groups excluding carboxylic acids is 1. The molecule has 0 aromatic heterocycles. The maximum Gasteiger partial charge on any atom is 0.417 e. The van der Waals surface area contributed by atoms with Gasteiger partial charge in [-0.3, -0.25) is 9.52 Å². The predicted molar refractivity (Wildman–Crippen MR) is 124 cm³/mol. The van der Waals surface area contributed by atoms with Crippen molar-refractivity contribution < 1.29 is 31.1 Å². The first-order valence-electron chi connectivity index (χ1n) is 9.64. The molecule has 0 aliphatic carbocycles. The molecule has 0 saturated heterocycles. The van der Waals surface area contributed by atoms with Crippen LogP contribution in [0.2, 0.25) is 10.0 Å². The second kappa shape index (κ2) is 10.1. The number of ether oxygens (including phenoxy) is 1. The zero-order chi connectivity index (χ0) is 25.1. The Morgan fingerprint density at radius 2 is 1.76 bits per heavy atom. The highest BCUT2D eigenvalue weighted by Gasteiger charge is 2.33. The van der Waals surface area contributed by atoms with Crippen LogP contribution in [-0.2, 0) is 16.2 Å². The SMILES string of the molecule is CCOc1ccc(S(=O)(=O)Nc2ccc(Cl)c(C(F)(F)F)c2)cc1NC(=O)c1cccc(Cl)c1. The van der Waals surface area contributed by atoms with Crippen LogP contribution < -0.4 is 14.8 Å². The fraction of sp³-hybridized carbons (Fsp3) is 0.136. The Labute approximate surface area is 203 Å². The largest absolute Gasteiger partial charge is 0.492 e. The lowest BCUT2D eigenvalue weighted by atomic mass is 10.2. The topological polar surface area (TPSA) is 84.5 Å². The molecular weight excluding hydrogens is 516 g/mol. The average Bonchev–Trinajstić information content (AvgIpc) is 2.75. The van der Waals surface area contributed by atoms with Crippen molar-refractivity contribution in [3.8, 4) is 5.75 Å². The number of alkyl halides is 3. The van der Waals surface area contributed by atoms with E-state index in [1.165, 1.54) is 24.3 Å². The Hall–Kier alpha value is -2.95. The van der Waals surface area contributed by atoms with Crippen LogP contribution in [0.4, 0.5) is 24.5 Å². The van der Waals surface area contributed by atoms with Crippen LogP contribution in [0.15, 0.2) is 65.6 Å². The number of anilines is 2. The number of benzene rings is 3. The summed E-state index contributed by atoms with van der Waals surface area (Å²) in [7, 11) is -4.34. The number of amides is 1. The van der Waals surface area contributed by atoms with E-state index < -0.39 is 32.7 Å². The predicted octanol–water partition coefficient (Wildman–Crippen LogP) is 6.46. The number of rotatable bonds is 7. The second-order valence-corrected chi connectivity index (χ2v) is 9.38. The van der Waals surface area contributed by atoms with Gasteiger partial charge in [-0.2, -0.15) is 13.2 Å². The maximum absolute atomic E-state index is 13.1. The van der Waals surface area contributed by atoms with Gasteiger partial charge in [0.05, 0.1) is 27.8 Å². The van der Waals surface area contributed by atoms with E-state index in [9.17, 15) is 26.4 Å². The smallest absolute Gasteiger partial charge is 0.417 e. The van der Waals surface area contributed by atoms with Crippen LogP contribution in [0.25, 0.3) is 0 Å². The molecule has 180 valence electrons. The molecule has 3 aromatic rings. The molecule has 0 aliphatic heterocycles. The Bertz CT molecular complexity index is 1330. The minimum absolute atomic E-state index is 0.0433. The lowest BCUT2D eigenvalue weighted by Crippen LogP contribution is -2.16. The summed E-state index contributed by atoms with van der Waals surface area (Å²) < 4.78 is 72.6. The Morgan fingerprint density at radius 1 is 1.03 bits per heavy atom. The lowest BCUT2D eigenvalue weighted by Gasteiger charge is -2.15. The van der Waals surface area contributed by atoms with Gasteiger partial charge in [-0.05, 0) is 61.5 Å². The molecular formula is C22H17Cl2F3N2O4S. The van der Waals surface area contributed by atoms with Gasteiger partial charge in [0.1, 0.15) is 5.75 Å². The van der Waals surface area contributed by atoms with Crippen LogP contribution in [-0.4, -0.2) is 20.9 Å². The fourth-order valence-corrected chi connectivity index (χ4v) is 4.39. The van der Waals surface area contributed by atoms with Gasteiger partial charge >= 0.3 is 6.18 Å². The van der Waals surface area contributed by atoms with Crippen LogP contribution in [0.1, 0.15) is 22.8 Å². The first-order valence-corrected chi connectivity index (χ1v) is 11.9. The second-order valence-electron chi connectivity index (χ2n) is 6.85. The van der Waals surface area contributed by atoms with Crippen molar-refractivity contribution in [1.29, 1.82) is 0 Å². The minimum atomic E-state index is -4.77. The maximum atomic E-state index is 13.1.